The third-order valence-electron chi connectivity index (χ3n) is 3.62. The molecule has 0 heterocycles. The summed E-state index contributed by atoms with van der Waals surface area (Å²) in [6.07, 6.45) is 4.81. The quantitative estimate of drug-likeness (QED) is 0.877. The Balaban J connectivity index is 2.08. The number of fused-ring (bicyclic) bond motifs is 1. The highest BCUT2D eigenvalue weighted by molar-refractivity contribution is 5.39. The summed E-state index contributed by atoms with van der Waals surface area (Å²) in [5, 5.41) is 0. The number of benzene rings is 1. The van der Waals surface area contributed by atoms with Gasteiger partial charge in [0.15, 0.2) is 0 Å². The molecule has 0 bridgehead atoms. The number of ether oxygens (including phenoxy) is 1. The third-order valence-corrected chi connectivity index (χ3v) is 3.62. The first-order valence-corrected chi connectivity index (χ1v) is 7.11. The Kier molecular flexibility index (Phi) is 4.28. The molecule has 0 spiro atoms. The van der Waals surface area contributed by atoms with Crippen molar-refractivity contribution in [1.29, 1.82) is 0 Å². The Morgan fingerprint density at radius 2 is 2.11 bits per heavy atom. The lowest BCUT2D eigenvalue weighted by Crippen LogP contribution is -2.18. The fourth-order valence-corrected chi connectivity index (χ4v) is 2.83. The van der Waals surface area contributed by atoms with E-state index in [1.807, 2.05) is 0 Å². The highest BCUT2D eigenvalue weighted by atomic mass is 16.5. The molecule has 1 aliphatic rings. The van der Waals surface area contributed by atoms with Gasteiger partial charge in [0.05, 0.1) is 6.10 Å². The molecule has 0 aliphatic heterocycles. The van der Waals surface area contributed by atoms with E-state index >= 15 is 0 Å². The van der Waals surface area contributed by atoms with Gasteiger partial charge >= 0.3 is 0 Å². The molecule has 0 radical (unpaired) electrons. The van der Waals surface area contributed by atoms with E-state index in [4.69, 9.17) is 10.5 Å². The predicted octanol–water partition coefficient (Wildman–Crippen LogP) is 3.84. The molecule has 18 heavy (non-hydrogen) atoms. The van der Waals surface area contributed by atoms with Crippen LogP contribution >= 0.6 is 0 Å². The van der Waals surface area contributed by atoms with Crippen LogP contribution in [0.3, 0.4) is 0 Å². The zero-order valence-corrected chi connectivity index (χ0v) is 11.8. The van der Waals surface area contributed by atoms with Crippen LogP contribution in [0.15, 0.2) is 18.2 Å². The smallest absolute Gasteiger partial charge is 0.120 e. The van der Waals surface area contributed by atoms with Crippen LogP contribution in [-0.2, 0) is 6.42 Å². The Morgan fingerprint density at radius 3 is 2.83 bits per heavy atom. The summed E-state index contributed by atoms with van der Waals surface area (Å²) in [5.74, 6) is 1.64. The van der Waals surface area contributed by atoms with E-state index in [-0.39, 0.29) is 12.1 Å². The van der Waals surface area contributed by atoms with E-state index in [0.29, 0.717) is 5.92 Å². The maximum Gasteiger partial charge on any atom is 0.120 e. The van der Waals surface area contributed by atoms with Crippen molar-refractivity contribution in [3.63, 3.8) is 0 Å². The Morgan fingerprint density at radius 1 is 1.33 bits per heavy atom. The van der Waals surface area contributed by atoms with Crippen molar-refractivity contribution in [2.24, 2.45) is 11.7 Å². The highest BCUT2D eigenvalue weighted by Gasteiger charge is 2.17. The van der Waals surface area contributed by atoms with Gasteiger partial charge in [-0.05, 0) is 61.8 Å². The number of hydrogen-bond acceptors (Lipinski definition) is 2. The summed E-state index contributed by atoms with van der Waals surface area (Å²) in [4.78, 5) is 0. The lowest BCUT2D eigenvalue weighted by atomic mass is 9.88. The molecule has 2 heteroatoms. The van der Waals surface area contributed by atoms with Gasteiger partial charge in [0.25, 0.3) is 0 Å². The van der Waals surface area contributed by atoms with Crippen molar-refractivity contribution in [2.45, 2.75) is 58.6 Å². The summed E-state index contributed by atoms with van der Waals surface area (Å²) >= 11 is 0. The van der Waals surface area contributed by atoms with Gasteiger partial charge in [-0.3, -0.25) is 0 Å². The maximum absolute atomic E-state index is 6.17. The van der Waals surface area contributed by atoms with Crippen molar-refractivity contribution in [3.05, 3.63) is 29.3 Å². The second kappa shape index (κ2) is 5.75. The molecular weight excluding hydrogens is 222 g/mol. The Hall–Kier alpha value is -1.02. The van der Waals surface area contributed by atoms with Gasteiger partial charge in [-0.1, -0.05) is 19.9 Å². The number of nitrogens with two attached hydrogens (primary N) is 1. The minimum Gasteiger partial charge on any atom is -0.491 e. The fraction of sp³-hybridized carbons (Fsp3) is 0.625. The predicted molar refractivity (Wildman–Crippen MR) is 75.9 cm³/mol. The van der Waals surface area contributed by atoms with E-state index in [0.717, 1.165) is 25.0 Å². The first-order valence-electron chi connectivity index (χ1n) is 7.11. The second-order valence-corrected chi connectivity index (χ2v) is 5.92. The van der Waals surface area contributed by atoms with Crippen molar-refractivity contribution in [2.75, 3.05) is 0 Å². The van der Waals surface area contributed by atoms with Crippen molar-refractivity contribution >= 4 is 0 Å². The third kappa shape index (κ3) is 3.26. The normalized spacial score (nSPS) is 20.6. The minimum atomic E-state index is 0.192. The molecule has 2 N–H and O–H groups in total. The molecular formula is C16H25NO. The maximum atomic E-state index is 6.17. The largest absolute Gasteiger partial charge is 0.491 e. The first-order chi connectivity index (χ1) is 8.56. The van der Waals surface area contributed by atoms with Crippen LogP contribution in [-0.4, -0.2) is 6.10 Å². The molecule has 2 nitrogen and oxygen atoms in total. The average Bonchev–Trinajstić information content (AvgIpc) is 2.29. The van der Waals surface area contributed by atoms with Gasteiger partial charge in [0, 0.05) is 6.04 Å². The number of rotatable bonds is 4. The standard InChI is InChI=1S/C16H25NO/c1-11(2)9-12(3)18-14-8-7-13-5-4-6-16(17)15(13)10-14/h7-8,10-12,16H,4-6,9,17H2,1-3H3. The van der Waals surface area contributed by atoms with Crippen molar-refractivity contribution < 1.29 is 4.74 Å². The summed E-state index contributed by atoms with van der Waals surface area (Å²) in [5.41, 5.74) is 8.86. The van der Waals surface area contributed by atoms with Crippen molar-refractivity contribution in [1.82, 2.24) is 0 Å². The number of aryl methyl sites for hydroxylation is 1. The monoisotopic (exact) mass is 247 g/mol. The lowest BCUT2D eigenvalue weighted by Gasteiger charge is -2.24. The zero-order chi connectivity index (χ0) is 13.1. The molecule has 2 unspecified atom stereocenters. The van der Waals surface area contributed by atoms with Crippen LogP contribution in [0.4, 0.5) is 0 Å². The lowest BCUT2D eigenvalue weighted by molar-refractivity contribution is 0.193. The van der Waals surface area contributed by atoms with Gasteiger partial charge < -0.3 is 10.5 Å². The molecule has 1 aromatic carbocycles. The van der Waals surface area contributed by atoms with Crippen LogP contribution in [0.5, 0.6) is 5.75 Å². The van der Waals surface area contributed by atoms with Crippen LogP contribution < -0.4 is 10.5 Å². The van der Waals surface area contributed by atoms with Gasteiger partial charge in [0.1, 0.15) is 5.75 Å². The van der Waals surface area contributed by atoms with E-state index < -0.39 is 0 Å². The van der Waals surface area contributed by atoms with E-state index in [9.17, 15) is 0 Å². The Labute approximate surface area is 111 Å². The van der Waals surface area contributed by atoms with Gasteiger partial charge in [0.2, 0.25) is 0 Å². The second-order valence-electron chi connectivity index (χ2n) is 5.92. The van der Waals surface area contributed by atoms with E-state index in [2.05, 4.69) is 39.0 Å². The summed E-state index contributed by atoms with van der Waals surface area (Å²) in [6.45, 7) is 6.59. The fourth-order valence-electron chi connectivity index (χ4n) is 2.83. The van der Waals surface area contributed by atoms with Crippen molar-refractivity contribution in [3.8, 4) is 5.75 Å². The molecule has 100 valence electrons. The highest BCUT2D eigenvalue weighted by Crippen LogP contribution is 2.31. The van der Waals surface area contributed by atoms with Crippen LogP contribution in [0.2, 0.25) is 0 Å². The van der Waals surface area contributed by atoms with E-state index in [1.165, 1.54) is 17.5 Å². The average molecular weight is 247 g/mol. The Bertz CT molecular complexity index is 400. The first kappa shape index (κ1) is 13.4. The SMILES string of the molecule is CC(C)CC(C)Oc1ccc2c(c1)C(N)CCC2. The number of hydrogen-bond donors (Lipinski definition) is 1. The molecule has 2 atom stereocenters. The molecule has 1 aromatic rings. The van der Waals surface area contributed by atoms with Crippen LogP contribution in [0, 0.1) is 5.92 Å². The summed E-state index contributed by atoms with van der Waals surface area (Å²) < 4.78 is 5.98. The van der Waals surface area contributed by atoms with Gasteiger partial charge in [-0.2, -0.15) is 0 Å². The van der Waals surface area contributed by atoms with Crippen LogP contribution in [0.1, 0.15) is 57.2 Å². The minimum absolute atomic E-state index is 0.192. The molecule has 0 amide bonds. The van der Waals surface area contributed by atoms with Gasteiger partial charge in [-0.15, -0.1) is 0 Å². The molecule has 0 saturated heterocycles. The van der Waals surface area contributed by atoms with Gasteiger partial charge in [-0.25, -0.2) is 0 Å². The zero-order valence-electron chi connectivity index (χ0n) is 11.8. The summed E-state index contributed by atoms with van der Waals surface area (Å²) in [7, 11) is 0. The summed E-state index contributed by atoms with van der Waals surface area (Å²) in [6, 6.07) is 6.62. The van der Waals surface area contributed by atoms with E-state index in [1.54, 1.807) is 0 Å². The molecule has 0 aromatic heterocycles. The van der Waals surface area contributed by atoms with Crippen LogP contribution in [0.25, 0.3) is 0 Å². The molecule has 1 aliphatic carbocycles. The molecule has 0 fully saturated rings. The molecule has 0 saturated carbocycles. The molecule has 2 rings (SSSR count). The topological polar surface area (TPSA) is 35.2 Å².